The Morgan fingerprint density at radius 3 is 2.54 bits per heavy atom. The van der Waals surface area contributed by atoms with Crippen molar-refractivity contribution in [3.63, 3.8) is 0 Å². The molecule has 0 aliphatic rings. The first-order valence-electron chi connectivity index (χ1n) is 8.91. The van der Waals surface area contributed by atoms with E-state index in [0.717, 1.165) is 49.2 Å². The lowest BCUT2D eigenvalue weighted by atomic mass is 10.1. The molecule has 136 valence electrons. The molecule has 0 aliphatic heterocycles. The normalized spacial score (nSPS) is 10.8. The standard InChI is InChI=1S/C22H26N2O2/c1-23-21-18-20(11-6-16-25)12-13-22(21)24(15-7-17-26)14-5-10-19-8-3-2-4-9-19/h2-4,6,8-9,11-13,16,18,26H,1,5,7,10,14-15,17H2/b11-6+. The summed E-state index contributed by atoms with van der Waals surface area (Å²) in [4.78, 5) is 16.9. The molecule has 0 fully saturated rings. The van der Waals surface area contributed by atoms with Crippen molar-refractivity contribution >= 4 is 30.5 Å². The SMILES string of the molecule is C=Nc1cc(/C=C/C=O)ccc1N(CCCO)CCCc1ccccc1. The van der Waals surface area contributed by atoms with E-state index < -0.39 is 0 Å². The zero-order valence-corrected chi connectivity index (χ0v) is 15.1. The fourth-order valence-electron chi connectivity index (χ4n) is 2.92. The molecule has 0 heterocycles. The van der Waals surface area contributed by atoms with E-state index in [9.17, 15) is 9.90 Å². The number of anilines is 1. The predicted octanol–water partition coefficient (Wildman–Crippen LogP) is 4.05. The van der Waals surface area contributed by atoms with Gasteiger partial charge in [0.05, 0.1) is 11.4 Å². The maximum Gasteiger partial charge on any atom is 0.142 e. The third-order valence-corrected chi connectivity index (χ3v) is 4.20. The largest absolute Gasteiger partial charge is 0.396 e. The van der Waals surface area contributed by atoms with E-state index in [1.165, 1.54) is 11.6 Å². The van der Waals surface area contributed by atoms with Crippen LogP contribution in [0.15, 0.2) is 59.6 Å². The van der Waals surface area contributed by atoms with Crippen molar-refractivity contribution in [2.45, 2.75) is 19.3 Å². The molecule has 0 saturated carbocycles. The van der Waals surface area contributed by atoms with Gasteiger partial charge in [0.15, 0.2) is 0 Å². The van der Waals surface area contributed by atoms with Crippen LogP contribution in [0.5, 0.6) is 0 Å². The Labute approximate surface area is 155 Å². The van der Waals surface area contributed by atoms with Gasteiger partial charge in [0.25, 0.3) is 0 Å². The van der Waals surface area contributed by atoms with Gasteiger partial charge in [0.2, 0.25) is 0 Å². The molecule has 4 heteroatoms. The predicted molar refractivity (Wildman–Crippen MR) is 109 cm³/mol. The number of carbonyl (C=O) groups excluding carboxylic acids is 1. The molecule has 0 aliphatic carbocycles. The monoisotopic (exact) mass is 350 g/mol. The van der Waals surface area contributed by atoms with E-state index in [-0.39, 0.29) is 6.61 Å². The number of hydrogen-bond acceptors (Lipinski definition) is 4. The fourth-order valence-corrected chi connectivity index (χ4v) is 2.92. The number of aliphatic hydroxyl groups is 1. The van der Waals surface area contributed by atoms with Gasteiger partial charge in [-0.3, -0.25) is 9.79 Å². The first-order valence-corrected chi connectivity index (χ1v) is 8.91. The van der Waals surface area contributed by atoms with Crippen molar-refractivity contribution in [3.8, 4) is 0 Å². The van der Waals surface area contributed by atoms with Gasteiger partial charge in [0.1, 0.15) is 6.29 Å². The molecule has 0 radical (unpaired) electrons. The van der Waals surface area contributed by atoms with E-state index in [1.807, 2.05) is 24.3 Å². The number of benzene rings is 2. The van der Waals surface area contributed by atoms with Crippen LogP contribution in [0.1, 0.15) is 24.0 Å². The van der Waals surface area contributed by atoms with Crippen LogP contribution < -0.4 is 4.90 Å². The molecule has 2 aromatic rings. The van der Waals surface area contributed by atoms with Crippen LogP contribution in [-0.2, 0) is 11.2 Å². The van der Waals surface area contributed by atoms with E-state index >= 15 is 0 Å². The Morgan fingerprint density at radius 2 is 1.85 bits per heavy atom. The second-order valence-corrected chi connectivity index (χ2v) is 6.05. The first kappa shape index (κ1) is 19.6. The maximum absolute atomic E-state index is 10.5. The van der Waals surface area contributed by atoms with E-state index in [2.05, 4.69) is 40.9 Å². The van der Waals surface area contributed by atoms with Crippen LogP contribution >= 0.6 is 0 Å². The zero-order chi connectivity index (χ0) is 18.6. The highest BCUT2D eigenvalue weighted by atomic mass is 16.3. The minimum Gasteiger partial charge on any atom is -0.396 e. The third-order valence-electron chi connectivity index (χ3n) is 4.20. The lowest BCUT2D eigenvalue weighted by molar-refractivity contribution is -0.104. The zero-order valence-electron chi connectivity index (χ0n) is 15.1. The summed E-state index contributed by atoms with van der Waals surface area (Å²) in [5, 5.41) is 9.23. The molecule has 0 atom stereocenters. The molecule has 4 nitrogen and oxygen atoms in total. The molecule has 0 saturated heterocycles. The summed E-state index contributed by atoms with van der Waals surface area (Å²) in [6, 6.07) is 16.3. The molecule has 2 rings (SSSR count). The quantitative estimate of drug-likeness (QED) is 0.378. The molecule has 0 unspecified atom stereocenters. The van der Waals surface area contributed by atoms with E-state index in [0.29, 0.717) is 6.42 Å². The van der Waals surface area contributed by atoms with Gasteiger partial charge in [-0.1, -0.05) is 42.5 Å². The number of rotatable bonds is 11. The van der Waals surface area contributed by atoms with E-state index in [1.54, 1.807) is 6.08 Å². The van der Waals surface area contributed by atoms with Crippen LogP contribution in [0.2, 0.25) is 0 Å². The number of nitrogens with zero attached hydrogens (tertiary/aromatic N) is 2. The summed E-state index contributed by atoms with van der Waals surface area (Å²) in [6.07, 6.45) is 6.69. The molecule has 0 spiro atoms. The van der Waals surface area contributed by atoms with Crippen molar-refractivity contribution in [2.24, 2.45) is 4.99 Å². The number of hydrogen-bond donors (Lipinski definition) is 1. The Kier molecular flexibility index (Phi) is 8.30. The number of carbonyl (C=O) groups is 1. The lowest BCUT2D eigenvalue weighted by Gasteiger charge is -2.26. The van der Waals surface area contributed by atoms with Gasteiger partial charge in [-0.05, 0) is 55.3 Å². The molecule has 2 aromatic carbocycles. The van der Waals surface area contributed by atoms with Gasteiger partial charge in [-0.15, -0.1) is 0 Å². The number of allylic oxidation sites excluding steroid dienone is 1. The number of aldehydes is 1. The van der Waals surface area contributed by atoms with Crippen molar-refractivity contribution in [1.29, 1.82) is 0 Å². The summed E-state index contributed by atoms with van der Waals surface area (Å²) in [7, 11) is 0. The van der Waals surface area contributed by atoms with Crippen molar-refractivity contribution in [1.82, 2.24) is 0 Å². The fraction of sp³-hybridized carbons (Fsp3) is 0.273. The van der Waals surface area contributed by atoms with Crippen molar-refractivity contribution < 1.29 is 9.90 Å². The first-order chi connectivity index (χ1) is 12.8. The second kappa shape index (κ2) is 11.0. The smallest absolute Gasteiger partial charge is 0.142 e. The minimum absolute atomic E-state index is 0.159. The second-order valence-electron chi connectivity index (χ2n) is 6.05. The average Bonchev–Trinajstić information content (AvgIpc) is 2.69. The van der Waals surface area contributed by atoms with Gasteiger partial charge in [0, 0.05) is 19.7 Å². The van der Waals surface area contributed by atoms with Crippen molar-refractivity contribution in [3.05, 3.63) is 65.7 Å². The van der Waals surface area contributed by atoms with E-state index in [4.69, 9.17) is 0 Å². The highest BCUT2D eigenvalue weighted by Gasteiger charge is 2.11. The van der Waals surface area contributed by atoms with Crippen LogP contribution in [0.3, 0.4) is 0 Å². The third kappa shape index (κ3) is 5.97. The summed E-state index contributed by atoms with van der Waals surface area (Å²) < 4.78 is 0. The Hall–Kier alpha value is -2.72. The molecular weight excluding hydrogens is 324 g/mol. The highest BCUT2D eigenvalue weighted by Crippen LogP contribution is 2.30. The van der Waals surface area contributed by atoms with Gasteiger partial charge in [-0.2, -0.15) is 0 Å². The molecule has 0 bridgehead atoms. The van der Waals surface area contributed by atoms with Crippen LogP contribution in [0, 0.1) is 0 Å². The Balaban J connectivity index is 2.12. The summed E-state index contributed by atoms with van der Waals surface area (Å²) in [5.41, 5.74) is 4.03. The number of aliphatic imine (C=N–C) groups is 1. The van der Waals surface area contributed by atoms with Gasteiger partial charge >= 0.3 is 0 Å². The number of aryl methyl sites for hydroxylation is 1. The molecule has 0 amide bonds. The lowest BCUT2D eigenvalue weighted by Crippen LogP contribution is -2.26. The number of aliphatic hydroxyl groups excluding tert-OH is 1. The minimum atomic E-state index is 0.159. The van der Waals surface area contributed by atoms with Crippen molar-refractivity contribution in [2.75, 3.05) is 24.6 Å². The Morgan fingerprint density at radius 1 is 1.08 bits per heavy atom. The Bertz CT molecular complexity index is 726. The molecule has 26 heavy (non-hydrogen) atoms. The summed E-state index contributed by atoms with van der Waals surface area (Å²) in [5.74, 6) is 0. The maximum atomic E-state index is 10.5. The van der Waals surface area contributed by atoms with Crippen LogP contribution in [-0.4, -0.2) is 37.8 Å². The van der Waals surface area contributed by atoms with Crippen LogP contribution in [0.25, 0.3) is 6.08 Å². The molecule has 0 aromatic heterocycles. The highest BCUT2D eigenvalue weighted by molar-refractivity contribution is 5.77. The van der Waals surface area contributed by atoms with Crippen LogP contribution in [0.4, 0.5) is 11.4 Å². The summed E-state index contributed by atoms with van der Waals surface area (Å²) >= 11 is 0. The van der Waals surface area contributed by atoms with Gasteiger partial charge in [-0.25, -0.2) is 0 Å². The molecule has 1 N–H and O–H groups in total. The average molecular weight is 350 g/mol. The summed E-state index contributed by atoms with van der Waals surface area (Å²) in [6.45, 7) is 5.48. The topological polar surface area (TPSA) is 52.9 Å². The molecular formula is C22H26N2O2. The van der Waals surface area contributed by atoms with Gasteiger partial charge < -0.3 is 10.0 Å².